The van der Waals surface area contributed by atoms with Gasteiger partial charge >= 0.3 is 0 Å². The van der Waals surface area contributed by atoms with Crippen LogP contribution in [0.25, 0.3) is 0 Å². The molecule has 0 saturated heterocycles. The van der Waals surface area contributed by atoms with Crippen molar-refractivity contribution in [3.8, 4) is 0 Å². The minimum absolute atomic E-state index is 0.0196. The normalized spacial score (nSPS) is 10.8. The van der Waals surface area contributed by atoms with Crippen LogP contribution in [0.5, 0.6) is 0 Å². The Morgan fingerprint density at radius 3 is 2.32 bits per heavy atom. The molecule has 0 aliphatic carbocycles. The number of benzene rings is 2. The van der Waals surface area contributed by atoms with Gasteiger partial charge in [-0.3, -0.25) is 9.59 Å². The topological polar surface area (TPSA) is 49.4 Å². The third-order valence-corrected chi connectivity index (χ3v) is 5.36. The maximum absolute atomic E-state index is 13.2. The maximum atomic E-state index is 13.2. The average molecular weight is 393 g/mol. The lowest BCUT2D eigenvalue weighted by molar-refractivity contribution is 0.0979. The van der Waals surface area contributed by atoms with Gasteiger partial charge in [0.05, 0.1) is 4.88 Å². The molecule has 0 radical (unpaired) electrons. The Hall–Kier alpha value is -2.92. The zero-order valence-corrected chi connectivity index (χ0v) is 17.3. The van der Waals surface area contributed by atoms with Gasteiger partial charge in [0.25, 0.3) is 11.8 Å². The molecule has 0 spiro atoms. The Bertz CT molecular complexity index is 976. The highest BCUT2D eigenvalue weighted by molar-refractivity contribution is 7.12. The van der Waals surface area contributed by atoms with Crippen molar-refractivity contribution < 1.29 is 9.59 Å². The number of rotatable bonds is 5. The molecule has 0 aliphatic heterocycles. The molecule has 1 heterocycles. The van der Waals surface area contributed by atoms with E-state index >= 15 is 0 Å². The van der Waals surface area contributed by atoms with E-state index in [1.807, 2.05) is 62.2 Å². The summed E-state index contributed by atoms with van der Waals surface area (Å²) in [4.78, 5) is 27.9. The van der Waals surface area contributed by atoms with Crippen LogP contribution in [0.1, 0.15) is 45.0 Å². The minimum atomic E-state index is -0.145. The molecule has 0 atom stereocenters. The quantitative estimate of drug-likeness (QED) is 0.608. The number of thiophene rings is 1. The molecular weight excluding hydrogens is 368 g/mol. The van der Waals surface area contributed by atoms with Crippen LogP contribution in [0.2, 0.25) is 0 Å². The lowest BCUT2D eigenvalue weighted by Crippen LogP contribution is -2.37. The molecule has 3 rings (SSSR count). The van der Waals surface area contributed by atoms with Gasteiger partial charge < -0.3 is 10.2 Å². The number of aryl methyl sites for hydroxylation is 2. The summed E-state index contributed by atoms with van der Waals surface area (Å²) < 4.78 is 0. The van der Waals surface area contributed by atoms with Gasteiger partial charge in [0.1, 0.15) is 0 Å². The molecule has 2 amide bonds. The Kier molecular flexibility index (Phi) is 5.95. The molecule has 0 bridgehead atoms. The van der Waals surface area contributed by atoms with Crippen LogP contribution in [-0.4, -0.2) is 17.9 Å². The Morgan fingerprint density at radius 2 is 1.71 bits per heavy atom. The van der Waals surface area contributed by atoms with Crippen LogP contribution >= 0.6 is 11.3 Å². The van der Waals surface area contributed by atoms with E-state index in [-0.39, 0.29) is 17.9 Å². The number of hydrogen-bond donors (Lipinski definition) is 1. The van der Waals surface area contributed by atoms with Crippen LogP contribution in [-0.2, 0) is 0 Å². The summed E-state index contributed by atoms with van der Waals surface area (Å²) in [5, 5.41) is 4.72. The Balaban J connectivity index is 1.82. The van der Waals surface area contributed by atoms with Crippen molar-refractivity contribution in [1.29, 1.82) is 0 Å². The fourth-order valence-corrected chi connectivity index (χ4v) is 3.66. The van der Waals surface area contributed by atoms with E-state index in [1.54, 1.807) is 30.3 Å². The van der Waals surface area contributed by atoms with E-state index in [0.717, 1.165) is 16.8 Å². The summed E-state index contributed by atoms with van der Waals surface area (Å²) >= 11 is 1.39. The molecule has 0 saturated carbocycles. The third-order valence-electron chi connectivity index (χ3n) is 4.49. The number of carbonyl (C=O) groups excluding carboxylic acids is 2. The average Bonchev–Trinajstić information content (AvgIpc) is 3.20. The molecule has 3 aromatic rings. The Labute approximate surface area is 169 Å². The number of anilines is 2. The van der Waals surface area contributed by atoms with E-state index in [4.69, 9.17) is 0 Å². The van der Waals surface area contributed by atoms with E-state index < -0.39 is 0 Å². The van der Waals surface area contributed by atoms with Crippen LogP contribution in [0.4, 0.5) is 11.4 Å². The summed E-state index contributed by atoms with van der Waals surface area (Å²) in [5.74, 6) is -0.201. The number of hydrogen-bond acceptors (Lipinski definition) is 3. The van der Waals surface area contributed by atoms with Gasteiger partial charge in [-0.15, -0.1) is 11.3 Å². The van der Waals surface area contributed by atoms with E-state index in [2.05, 4.69) is 5.32 Å². The van der Waals surface area contributed by atoms with Gasteiger partial charge in [0, 0.05) is 23.0 Å². The lowest BCUT2D eigenvalue weighted by atomic mass is 10.1. The first-order valence-corrected chi connectivity index (χ1v) is 10.1. The molecule has 5 heteroatoms. The van der Waals surface area contributed by atoms with Gasteiger partial charge in [0.2, 0.25) is 0 Å². The molecule has 0 aliphatic rings. The van der Waals surface area contributed by atoms with Gasteiger partial charge in [0.15, 0.2) is 0 Å². The molecule has 1 N–H and O–H groups in total. The summed E-state index contributed by atoms with van der Waals surface area (Å²) in [5.41, 5.74) is 4.36. The van der Waals surface area contributed by atoms with Crippen LogP contribution in [0, 0.1) is 13.8 Å². The highest BCUT2D eigenvalue weighted by Crippen LogP contribution is 2.26. The molecule has 4 nitrogen and oxygen atoms in total. The first kappa shape index (κ1) is 19.8. The van der Waals surface area contributed by atoms with Crippen LogP contribution < -0.4 is 10.2 Å². The van der Waals surface area contributed by atoms with E-state index in [9.17, 15) is 9.59 Å². The van der Waals surface area contributed by atoms with Crippen molar-refractivity contribution in [3.05, 3.63) is 81.5 Å². The van der Waals surface area contributed by atoms with Gasteiger partial charge in [-0.2, -0.15) is 0 Å². The van der Waals surface area contributed by atoms with Crippen molar-refractivity contribution in [3.63, 3.8) is 0 Å². The van der Waals surface area contributed by atoms with Crippen molar-refractivity contribution in [2.75, 3.05) is 10.2 Å². The number of nitrogens with one attached hydrogen (secondary N) is 1. The summed E-state index contributed by atoms with van der Waals surface area (Å²) in [6.45, 7) is 8.06. The van der Waals surface area contributed by atoms with Crippen LogP contribution in [0.3, 0.4) is 0 Å². The van der Waals surface area contributed by atoms with Crippen LogP contribution in [0.15, 0.2) is 60.0 Å². The monoisotopic (exact) mass is 392 g/mol. The standard InChI is InChI=1S/C23H24N2O2S/c1-15(2)25(20-14-16(3)7-8-17(20)4)23(27)18-9-11-19(12-10-18)24-22(26)21-6-5-13-28-21/h5-15H,1-4H3,(H,24,26). The number of carbonyl (C=O) groups is 2. The van der Waals surface area contributed by atoms with Crippen molar-refractivity contribution in [1.82, 2.24) is 0 Å². The minimum Gasteiger partial charge on any atom is -0.321 e. The Morgan fingerprint density at radius 1 is 1.00 bits per heavy atom. The predicted octanol–water partition coefficient (Wildman–Crippen LogP) is 5.67. The molecule has 1 aromatic heterocycles. The second-order valence-corrected chi connectivity index (χ2v) is 8.02. The van der Waals surface area contributed by atoms with Gasteiger partial charge in [-0.1, -0.05) is 18.2 Å². The zero-order chi connectivity index (χ0) is 20.3. The summed E-state index contributed by atoms with van der Waals surface area (Å²) in [6.07, 6.45) is 0. The van der Waals surface area contributed by atoms with Crippen molar-refractivity contribution in [2.24, 2.45) is 0 Å². The van der Waals surface area contributed by atoms with Crippen molar-refractivity contribution >= 4 is 34.5 Å². The predicted molar refractivity (Wildman–Crippen MR) is 117 cm³/mol. The molecular formula is C23H24N2O2S. The molecule has 144 valence electrons. The van der Waals surface area contributed by atoms with E-state index in [0.29, 0.717) is 16.1 Å². The molecule has 28 heavy (non-hydrogen) atoms. The second kappa shape index (κ2) is 8.40. The smallest absolute Gasteiger partial charge is 0.265 e. The summed E-state index contributed by atoms with van der Waals surface area (Å²) in [6, 6.07) is 16.8. The zero-order valence-electron chi connectivity index (χ0n) is 16.5. The molecule has 2 aromatic carbocycles. The lowest BCUT2D eigenvalue weighted by Gasteiger charge is -2.29. The number of amides is 2. The van der Waals surface area contributed by atoms with E-state index in [1.165, 1.54) is 11.3 Å². The summed E-state index contributed by atoms with van der Waals surface area (Å²) in [7, 11) is 0. The SMILES string of the molecule is Cc1ccc(C)c(N(C(=O)c2ccc(NC(=O)c3cccs3)cc2)C(C)C)c1. The van der Waals surface area contributed by atoms with Gasteiger partial charge in [-0.25, -0.2) is 0 Å². The van der Waals surface area contributed by atoms with Gasteiger partial charge in [-0.05, 0) is 80.6 Å². The first-order valence-electron chi connectivity index (χ1n) is 9.22. The molecule has 0 unspecified atom stereocenters. The second-order valence-electron chi connectivity index (χ2n) is 7.07. The highest BCUT2D eigenvalue weighted by Gasteiger charge is 2.22. The third kappa shape index (κ3) is 4.31. The largest absolute Gasteiger partial charge is 0.321 e. The maximum Gasteiger partial charge on any atom is 0.265 e. The first-order chi connectivity index (χ1) is 13.4. The fraction of sp³-hybridized carbons (Fsp3) is 0.217. The fourth-order valence-electron chi connectivity index (χ4n) is 3.04. The number of nitrogens with zero attached hydrogens (tertiary/aromatic N) is 1. The van der Waals surface area contributed by atoms with Crippen molar-refractivity contribution in [2.45, 2.75) is 33.7 Å². The highest BCUT2D eigenvalue weighted by atomic mass is 32.1. The molecule has 0 fully saturated rings.